The largest absolute Gasteiger partial charge is 0.492 e. The highest BCUT2D eigenvalue weighted by Crippen LogP contribution is 2.15. The molecule has 3 rings (SSSR count). The molecule has 2 fully saturated rings. The van der Waals surface area contributed by atoms with Crippen LogP contribution in [-0.2, 0) is 16.1 Å². The summed E-state index contributed by atoms with van der Waals surface area (Å²) in [7, 11) is 3.94. The van der Waals surface area contributed by atoms with Crippen LogP contribution in [-0.4, -0.2) is 87.3 Å². The SMILES string of the molecule is CCC(=O)N1CCC(NC(=NC)NCc2cccc(OCCN(C)C3CCOCC3)c2)C1. The Balaban J connectivity index is 1.40. The summed E-state index contributed by atoms with van der Waals surface area (Å²) in [6.07, 6.45) is 3.70. The highest BCUT2D eigenvalue weighted by atomic mass is 16.5. The van der Waals surface area contributed by atoms with Gasteiger partial charge in [-0.2, -0.15) is 0 Å². The molecule has 1 aromatic rings. The van der Waals surface area contributed by atoms with Crippen molar-refractivity contribution in [1.29, 1.82) is 0 Å². The van der Waals surface area contributed by atoms with E-state index in [1.54, 1.807) is 7.05 Å². The second-order valence-electron chi connectivity index (χ2n) is 8.57. The number of nitrogens with zero attached hydrogens (tertiary/aromatic N) is 3. The summed E-state index contributed by atoms with van der Waals surface area (Å²) in [4.78, 5) is 20.5. The van der Waals surface area contributed by atoms with Gasteiger partial charge in [-0.05, 0) is 44.0 Å². The van der Waals surface area contributed by atoms with Crippen molar-refractivity contribution in [3.63, 3.8) is 0 Å². The molecule has 0 spiro atoms. The molecule has 32 heavy (non-hydrogen) atoms. The molecule has 1 amide bonds. The zero-order valence-electron chi connectivity index (χ0n) is 19.8. The Labute approximate surface area is 192 Å². The van der Waals surface area contributed by atoms with Crippen molar-refractivity contribution in [2.75, 3.05) is 53.6 Å². The molecule has 0 aliphatic carbocycles. The normalized spacial score (nSPS) is 19.9. The fraction of sp³-hybridized carbons (Fsp3) is 0.667. The van der Waals surface area contributed by atoms with Gasteiger partial charge in [-0.25, -0.2) is 0 Å². The summed E-state index contributed by atoms with van der Waals surface area (Å²) < 4.78 is 11.5. The maximum Gasteiger partial charge on any atom is 0.222 e. The molecule has 1 unspecified atom stereocenters. The van der Waals surface area contributed by atoms with E-state index in [2.05, 4.69) is 39.7 Å². The fourth-order valence-electron chi connectivity index (χ4n) is 4.26. The van der Waals surface area contributed by atoms with Crippen molar-refractivity contribution in [2.45, 2.75) is 51.2 Å². The van der Waals surface area contributed by atoms with Gasteiger partial charge in [0.15, 0.2) is 5.96 Å². The third-order valence-electron chi connectivity index (χ3n) is 6.29. The number of benzene rings is 1. The van der Waals surface area contributed by atoms with E-state index in [9.17, 15) is 4.79 Å². The van der Waals surface area contributed by atoms with E-state index in [4.69, 9.17) is 9.47 Å². The molecular weight excluding hydrogens is 406 g/mol. The van der Waals surface area contributed by atoms with Crippen molar-refractivity contribution in [3.8, 4) is 5.75 Å². The highest BCUT2D eigenvalue weighted by molar-refractivity contribution is 5.80. The van der Waals surface area contributed by atoms with Gasteiger partial charge < -0.3 is 25.0 Å². The number of rotatable bonds is 9. The molecule has 2 saturated heterocycles. The number of amides is 1. The number of likely N-dealkylation sites (tertiary alicyclic amines) is 1. The van der Waals surface area contributed by atoms with E-state index in [0.717, 1.165) is 69.4 Å². The number of aliphatic imine (C=N–C) groups is 1. The summed E-state index contributed by atoms with van der Waals surface area (Å²) >= 11 is 0. The molecule has 2 heterocycles. The van der Waals surface area contributed by atoms with E-state index in [0.29, 0.717) is 25.6 Å². The van der Waals surface area contributed by atoms with Crippen molar-refractivity contribution < 1.29 is 14.3 Å². The standard InChI is InChI=1S/C24H39N5O3/c1-4-23(30)29-11-8-20(18-29)27-24(25-2)26-17-19-6-5-7-22(16-19)32-15-12-28(3)21-9-13-31-14-10-21/h5-7,16,20-21H,4,8-15,17-18H2,1-3H3,(H2,25,26,27). The van der Waals surface area contributed by atoms with Crippen molar-refractivity contribution in [3.05, 3.63) is 29.8 Å². The molecule has 2 N–H and O–H groups in total. The molecule has 1 atom stereocenters. The lowest BCUT2D eigenvalue weighted by molar-refractivity contribution is -0.129. The van der Waals surface area contributed by atoms with E-state index in [-0.39, 0.29) is 11.9 Å². The van der Waals surface area contributed by atoms with Crippen LogP contribution >= 0.6 is 0 Å². The quantitative estimate of drug-likeness (QED) is 0.446. The smallest absolute Gasteiger partial charge is 0.222 e. The first-order chi connectivity index (χ1) is 15.6. The lowest BCUT2D eigenvalue weighted by atomic mass is 10.1. The third-order valence-corrected chi connectivity index (χ3v) is 6.29. The molecular formula is C24H39N5O3. The topological polar surface area (TPSA) is 78.4 Å². The lowest BCUT2D eigenvalue weighted by Gasteiger charge is -2.31. The van der Waals surface area contributed by atoms with Gasteiger partial charge in [-0.3, -0.25) is 14.7 Å². The first-order valence-electron chi connectivity index (χ1n) is 11.8. The van der Waals surface area contributed by atoms with E-state index < -0.39 is 0 Å². The van der Waals surface area contributed by atoms with E-state index in [1.165, 1.54) is 0 Å². The molecule has 0 saturated carbocycles. The van der Waals surface area contributed by atoms with Crippen LogP contribution < -0.4 is 15.4 Å². The zero-order chi connectivity index (χ0) is 22.8. The zero-order valence-corrected chi connectivity index (χ0v) is 19.8. The summed E-state index contributed by atoms with van der Waals surface area (Å²) in [6.45, 7) is 7.40. The van der Waals surface area contributed by atoms with Crippen molar-refractivity contribution in [2.24, 2.45) is 4.99 Å². The second kappa shape index (κ2) is 12.6. The second-order valence-corrected chi connectivity index (χ2v) is 8.57. The predicted molar refractivity (Wildman–Crippen MR) is 127 cm³/mol. The predicted octanol–water partition coefficient (Wildman–Crippen LogP) is 1.85. The van der Waals surface area contributed by atoms with Crippen LogP contribution in [0, 0.1) is 0 Å². The average Bonchev–Trinajstić information content (AvgIpc) is 3.30. The minimum Gasteiger partial charge on any atom is -0.492 e. The number of hydrogen-bond acceptors (Lipinski definition) is 5. The monoisotopic (exact) mass is 445 g/mol. The summed E-state index contributed by atoms with van der Waals surface area (Å²) in [5.41, 5.74) is 1.14. The number of nitrogens with one attached hydrogen (secondary N) is 2. The van der Waals surface area contributed by atoms with Crippen LogP contribution in [0.5, 0.6) is 5.75 Å². The Bertz CT molecular complexity index is 751. The first kappa shape index (κ1) is 24.3. The molecule has 8 nitrogen and oxygen atoms in total. The Morgan fingerprint density at radius 2 is 2.12 bits per heavy atom. The Morgan fingerprint density at radius 3 is 2.88 bits per heavy atom. The van der Waals surface area contributed by atoms with Crippen LogP contribution in [0.4, 0.5) is 0 Å². The minimum atomic E-state index is 0.216. The molecule has 0 bridgehead atoms. The van der Waals surface area contributed by atoms with Gasteiger partial charge in [0, 0.05) is 64.9 Å². The highest BCUT2D eigenvalue weighted by Gasteiger charge is 2.25. The number of likely N-dealkylation sites (N-methyl/N-ethyl adjacent to an activating group) is 1. The third kappa shape index (κ3) is 7.38. The summed E-state index contributed by atoms with van der Waals surface area (Å²) in [6, 6.07) is 9.01. The van der Waals surface area contributed by atoms with Crippen LogP contribution in [0.2, 0.25) is 0 Å². The molecule has 0 radical (unpaired) electrons. The summed E-state index contributed by atoms with van der Waals surface area (Å²) in [5, 5.41) is 6.81. The van der Waals surface area contributed by atoms with Gasteiger partial charge in [0.05, 0.1) is 0 Å². The molecule has 1 aromatic carbocycles. The van der Waals surface area contributed by atoms with Gasteiger partial charge in [-0.15, -0.1) is 0 Å². The van der Waals surface area contributed by atoms with Gasteiger partial charge >= 0.3 is 0 Å². The van der Waals surface area contributed by atoms with E-state index >= 15 is 0 Å². The fourth-order valence-corrected chi connectivity index (χ4v) is 4.26. The van der Waals surface area contributed by atoms with Gasteiger partial charge in [0.2, 0.25) is 5.91 Å². The van der Waals surface area contributed by atoms with Crippen LogP contribution in [0.3, 0.4) is 0 Å². The Morgan fingerprint density at radius 1 is 1.31 bits per heavy atom. The molecule has 8 heteroatoms. The van der Waals surface area contributed by atoms with Crippen molar-refractivity contribution >= 4 is 11.9 Å². The molecule has 2 aliphatic rings. The first-order valence-corrected chi connectivity index (χ1v) is 11.8. The maximum absolute atomic E-state index is 11.9. The van der Waals surface area contributed by atoms with Crippen LogP contribution in [0.25, 0.3) is 0 Å². The van der Waals surface area contributed by atoms with E-state index in [1.807, 2.05) is 24.0 Å². The molecule has 0 aromatic heterocycles. The average molecular weight is 446 g/mol. The van der Waals surface area contributed by atoms with Gasteiger partial charge in [0.25, 0.3) is 0 Å². The van der Waals surface area contributed by atoms with Gasteiger partial charge in [0.1, 0.15) is 12.4 Å². The number of guanidine groups is 1. The Hall–Kier alpha value is -2.32. The molecule has 178 valence electrons. The Kier molecular flexibility index (Phi) is 9.62. The lowest BCUT2D eigenvalue weighted by Crippen LogP contribution is -2.44. The molecule has 2 aliphatic heterocycles. The number of carbonyl (C=O) groups is 1. The van der Waals surface area contributed by atoms with Crippen LogP contribution in [0.1, 0.15) is 38.2 Å². The number of hydrogen-bond donors (Lipinski definition) is 2. The number of ether oxygens (including phenoxy) is 2. The maximum atomic E-state index is 11.9. The van der Waals surface area contributed by atoms with Gasteiger partial charge in [-0.1, -0.05) is 19.1 Å². The van der Waals surface area contributed by atoms with Crippen LogP contribution in [0.15, 0.2) is 29.3 Å². The minimum absolute atomic E-state index is 0.216. The summed E-state index contributed by atoms with van der Waals surface area (Å²) in [5.74, 6) is 1.86. The number of carbonyl (C=O) groups excluding carboxylic acids is 1. The van der Waals surface area contributed by atoms with Crippen molar-refractivity contribution in [1.82, 2.24) is 20.4 Å².